The normalized spacial score (nSPS) is 17.1. The molecule has 2 amide bonds. The summed E-state index contributed by atoms with van der Waals surface area (Å²) in [7, 11) is 0. The number of nitrogens with zero attached hydrogens (tertiary/aromatic N) is 1. The first kappa shape index (κ1) is 15.7. The SMILES string of the molecule is O=C(Nc1ccc(F)c(F)c1)C1(C(=O)N2CCc3ccccc32)CC1. The highest BCUT2D eigenvalue weighted by molar-refractivity contribution is 6.18. The lowest BCUT2D eigenvalue weighted by atomic mass is 10.0. The number of amides is 2. The molecule has 25 heavy (non-hydrogen) atoms. The second-order valence-corrected chi connectivity index (χ2v) is 6.50. The Morgan fingerprint density at radius 3 is 2.52 bits per heavy atom. The fourth-order valence-electron chi connectivity index (χ4n) is 3.30. The largest absolute Gasteiger partial charge is 0.325 e. The van der Waals surface area contributed by atoms with Crippen LogP contribution in [0.15, 0.2) is 42.5 Å². The van der Waals surface area contributed by atoms with E-state index in [0.717, 1.165) is 29.8 Å². The van der Waals surface area contributed by atoms with Crippen molar-refractivity contribution in [2.75, 3.05) is 16.8 Å². The molecule has 1 N–H and O–H groups in total. The van der Waals surface area contributed by atoms with E-state index in [4.69, 9.17) is 0 Å². The predicted octanol–water partition coefficient (Wildman–Crippen LogP) is 3.27. The number of fused-ring (bicyclic) bond motifs is 1. The van der Waals surface area contributed by atoms with Crippen LogP contribution in [0.4, 0.5) is 20.2 Å². The number of carbonyl (C=O) groups excluding carboxylic acids is 2. The number of carbonyl (C=O) groups is 2. The summed E-state index contributed by atoms with van der Waals surface area (Å²) in [5.41, 5.74) is 0.972. The van der Waals surface area contributed by atoms with Crippen LogP contribution in [0.3, 0.4) is 0 Å². The first-order chi connectivity index (χ1) is 12.0. The number of rotatable bonds is 3. The Morgan fingerprint density at radius 2 is 1.80 bits per heavy atom. The van der Waals surface area contributed by atoms with Gasteiger partial charge in [0.15, 0.2) is 11.6 Å². The van der Waals surface area contributed by atoms with E-state index in [0.29, 0.717) is 19.4 Å². The van der Waals surface area contributed by atoms with Crippen LogP contribution >= 0.6 is 0 Å². The minimum absolute atomic E-state index is 0.143. The smallest absolute Gasteiger partial charge is 0.242 e. The number of nitrogens with one attached hydrogen (secondary N) is 1. The van der Waals surface area contributed by atoms with Gasteiger partial charge in [-0.15, -0.1) is 0 Å². The number of benzene rings is 2. The Labute approximate surface area is 143 Å². The van der Waals surface area contributed by atoms with Crippen LogP contribution in [0.1, 0.15) is 18.4 Å². The van der Waals surface area contributed by atoms with Crippen molar-refractivity contribution >= 4 is 23.2 Å². The zero-order chi connectivity index (χ0) is 17.6. The fraction of sp³-hybridized carbons (Fsp3) is 0.263. The van der Waals surface area contributed by atoms with Gasteiger partial charge in [-0.2, -0.15) is 0 Å². The highest BCUT2D eigenvalue weighted by Gasteiger charge is 2.58. The summed E-state index contributed by atoms with van der Waals surface area (Å²) in [6, 6.07) is 10.8. The maximum Gasteiger partial charge on any atom is 0.242 e. The Kier molecular flexibility index (Phi) is 3.56. The summed E-state index contributed by atoms with van der Waals surface area (Å²) >= 11 is 0. The molecule has 4 nitrogen and oxygen atoms in total. The summed E-state index contributed by atoms with van der Waals surface area (Å²) in [5.74, 6) is -2.71. The van der Waals surface area contributed by atoms with Gasteiger partial charge >= 0.3 is 0 Å². The van der Waals surface area contributed by atoms with E-state index >= 15 is 0 Å². The van der Waals surface area contributed by atoms with E-state index in [1.54, 1.807) is 4.90 Å². The number of anilines is 2. The van der Waals surface area contributed by atoms with E-state index in [1.807, 2.05) is 24.3 Å². The molecule has 128 valence electrons. The van der Waals surface area contributed by atoms with Gasteiger partial charge in [0, 0.05) is 24.0 Å². The maximum absolute atomic E-state index is 13.3. The molecular formula is C19H16F2N2O2. The molecule has 1 aliphatic heterocycles. The molecule has 0 aromatic heterocycles. The molecule has 1 fully saturated rings. The van der Waals surface area contributed by atoms with Crippen molar-refractivity contribution in [1.29, 1.82) is 0 Å². The molecule has 0 atom stereocenters. The molecule has 2 aromatic carbocycles. The molecule has 0 spiro atoms. The fourth-order valence-corrected chi connectivity index (χ4v) is 3.30. The Morgan fingerprint density at radius 1 is 1.04 bits per heavy atom. The lowest BCUT2D eigenvalue weighted by Crippen LogP contribution is -2.42. The Hall–Kier alpha value is -2.76. The zero-order valence-electron chi connectivity index (χ0n) is 13.4. The second kappa shape index (κ2) is 5.65. The van der Waals surface area contributed by atoms with E-state index in [1.165, 1.54) is 6.07 Å². The van der Waals surface area contributed by atoms with Crippen molar-refractivity contribution in [3.63, 3.8) is 0 Å². The van der Waals surface area contributed by atoms with Gasteiger partial charge in [-0.05, 0) is 43.0 Å². The molecule has 0 radical (unpaired) electrons. The third-order valence-corrected chi connectivity index (χ3v) is 4.90. The van der Waals surface area contributed by atoms with Crippen LogP contribution in [0.2, 0.25) is 0 Å². The highest BCUT2D eigenvalue weighted by Crippen LogP contribution is 2.49. The summed E-state index contributed by atoms with van der Waals surface area (Å²) < 4.78 is 26.3. The Balaban J connectivity index is 1.54. The molecule has 4 rings (SSSR count). The van der Waals surface area contributed by atoms with Crippen molar-refractivity contribution in [1.82, 2.24) is 0 Å². The van der Waals surface area contributed by atoms with Gasteiger partial charge in [-0.1, -0.05) is 18.2 Å². The van der Waals surface area contributed by atoms with Gasteiger partial charge in [0.05, 0.1) is 0 Å². The standard InChI is InChI=1S/C19H16F2N2O2/c20-14-6-5-13(11-15(14)21)22-17(24)19(8-9-19)18(25)23-10-7-12-3-1-2-4-16(12)23/h1-6,11H,7-10H2,(H,22,24). The summed E-state index contributed by atoms with van der Waals surface area (Å²) in [6.45, 7) is 0.554. The van der Waals surface area contributed by atoms with Gasteiger partial charge < -0.3 is 10.2 Å². The van der Waals surface area contributed by atoms with Crippen molar-refractivity contribution in [2.24, 2.45) is 5.41 Å². The van der Waals surface area contributed by atoms with Crippen molar-refractivity contribution in [3.8, 4) is 0 Å². The average molecular weight is 342 g/mol. The quantitative estimate of drug-likeness (QED) is 0.871. The molecular weight excluding hydrogens is 326 g/mol. The van der Waals surface area contributed by atoms with Crippen LogP contribution in [0, 0.1) is 17.0 Å². The maximum atomic E-state index is 13.3. The van der Waals surface area contributed by atoms with Gasteiger partial charge in [-0.3, -0.25) is 9.59 Å². The number of hydrogen-bond donors (Lipinski definition) is 1. The summed E-state index contributed by atoms with van der Waals surface area (Å²) in [4.78, 5) is 27.3. The number of para-hydroxylation sites is 1. The predicted molar refractivity (Wildman–Crippen MR) is 89.2 cm³/mol. The van der Waals surface area contributed by atoms with Crippen molar-refractivity contribution in [2.45, 2.75) is 19.3 Å². The molecule has 2 aromatic rings. The topological polar surface area (TPSA) is 49.4 Å². The third-order valence-electron chi connectivity index (χ3n) is 4.90. The molecule has 0 unspecified atom stereocenters. The average Bonchev–Trinajstić information content (AvgIpc) is 3.31. The van der Waals surface area contributed by atoms with Gasteiger partial charge in [0.2, 0.25) is 11.8 Å². The second-order valence-electron chi connectivity index (χ2n) is 6.50. The van der Waals surface area contributed by atoms with Gasteiger partial charge in [-0.25, -0.2) is 8.78 Å². The highest BCUT2D eigenvalue weighted by atomic mass is 19.2. The molecule has 1 heterocycles. The van der Waals surface area contributed by atoms with Crippen LogP contribution in [0.25, 0.3) is 0 Å². The monoisotopic (exact) mass is 342 g/mol. The minimum atomic E-state index is -1.11. The van der Waals surface area contributed by atoms with Gasteiger partial charge in [0.25, 0.3) is 0 Å². The first-order valence-electron chi connectivity index (χ1n) is 8.18. The molecule has 1 aliphatic carbocycles. The van der Waals surface area contributed by atoms with E-state index in [9.17, 15) is 18.4 Å². The van der Waals surface area contributed by atoms with Crippen LogP contribution < -0.4 is 10.2 Å². The number of halogens is 2. The molecule has 0 saturated heterocycles. The molecule has 1 saturated carbocycles. The minimum Gasteiger partial charge on any atom is -0.325 e. The van der Waals surface area contributed by atoms with Gasteiger partial charge in [0.1, 0.15) is 5.41 Å². The lowest BCUT2D eigenvalue weighted by molar-refractivity contribution is -0.132. The third kappa shape index (κ3) is 2.58. The summed E-state index contributed by atoms with van der Waals surface area (Å²) in [6.07, 6.45) is 1.68. The summed E-state index contributed by atoms with van der Waals surface area (Å²) in [5, 5.41) is 2.55. The van der Waals surface area contributed by atoms with Crippen molar-refractivity contribution < 1.29 is 18.4 Å². The zero-order valence-corrected chi connectivity index (χ0v) is 13.4. The lowest BCUT2D eigenvalue weighted by Gasteiger charge is -2.23. The van der Waals surface area contributed by atoms with Crippen LogP contribution in [0.5, 0.6) is 0 Å². The van der Waals surface area contributed by atoms with E-state index < -0.39 is 23.0 Å². The van der Waals surface area contributed by atoms with E-state index in [2.05, 4.69) is 5.32 Å². The Bertz CT molecular complexity index is 877. The first-order valence-corrected chi connectivity index (χ1v) is 8.18. The molecule has 6 heteroatoms. The van der Waals surface area contributed by atoms with Crippen molar-refractivity contribution in [3.05, 3.63) is 59.7 Å². The van der Waals surface area contributed by atoms with E-state index in [-0.39, 0.29) is 11.6 Å². The molecule has 2 aliphatic rings. The number of hydrogen-bond acceptors (Lipinski definition) is 2. The molecule has 0 bridgehead atoms. The van der Waals surface area contributed by atoms with Crippen LogP contribution in [-0.4, -0.2) is 18.4 Å². The van der Waals surface area contributed by atoms with Crippen LogP contribution in [-0.2, 0) is 16.0 Å².